The van der Waals surface area contributed by atoms with Crippen LogP contribution in [0.3, 0.4) is 0 Å². The van der Waals surface area contributed by atoms with Crippen molar-refractivity contribution in [1.29, 1.82) is 0 Å². The molecule has 0 saturated carbocycles. The molecule has 2 aromatic carbocycles. The summed E-state index contributed by atoms with van der Waals surface area (Å²) >= 11 is 0. The van der Waals surface area contributed by atoms with E-state index in [1.54, 1.807) is 33.3 Å². The Morgan fingerprint density at radius 3 is 2.41 bits per heavy atom. The predicted octanol–water partition coefficient (Wildman–Crippen LogP) is 4.68. The van der Waals surface area contributed by atoms with Crippen LogP contribution in [0.4, 0.5) is 10.1 Å². The van der Waals surface area contributed by atoms with Crippen molar-refractivity contribution in [1.82, 2.24) is 10.1 Å². The third-order valence-corrected chi connectivity index (χ3v) is 4.34. The number of benzene rings is 2. The molecule has 1 atom stereocenters. The number of rotatable bonds is 6. The highest BCUT2D eigenvalue weighted by molar-refractivity contribution is 5.61. The number of nitrogens with one attached hydrogen (secondary N) is 1. The zero-order valence-corrected chi connectivity index (χ0v) is 16.0. The van der Waals surface area contributed by atoms with Crippen LogP contribution >= 0.6 is 0 Å². The minimum atomic E-state index is -0.300. The fourth-order valence-electron chi connectivity index (χ4n) is 2.69. The Balaban J connectivity index is 1.82. The maximum absolute atomic E-state index is 13.8. The van der Waals surface area contributed by atoms with Crippen LogP contribution in [0.25, 0.3) is 11.4 Å². The molecule has 1 N–H and O–H groups in total. The van der Waals surface area contributed by atoms with Gasteiger partial charge in [0.15, 0.2) is 11.5 Å². The van der Waals surface area contributed by atoms with E-state index in [4.69, 9.17) is 14.0 Å². The van der Waals surface area contributed by atoms with Crippen molar-refractivity contribution in [2.75, 3.05) is 19.5 Å². The van der Waals surface area contributed by atoms with Crippen LogP contribution in [0.1, 0.15) is 30.0 Å². The summed E-state index contributed by atoms with van der Waals surface area (Å²) in [4.78, 5) is 4.39. The summed E-state index contributed by atoms with van der Waals surface area (Å²) in [5, 5.41) is 7.30. The van der Waals surface area contributed by atoms with Gasteiger partial charge in [0.05, 0.1) is 14.2 Å². The molecule has 0 bridgehead atoms. The molecule has 0 aliphatic heterocycles. The van der Waals surface area contributed by atoms with Gasteiger partial charge in [0.2, 0.25) is 11.7 Å². The number of ether oxygens (including phenoxy) is 2. The van der Waals surface area contributed by atoms with E-state index < -0.39 is 0 Å². The minimum absolute atomic E-state index is 0.252. The number of hydrogen-bond donors (Lipinski definition) is 1. The number of hydrogen-bond acceptors (Lipinski definition) is 6. The van der Waals surface area contributed by atoms with Crippen molar-refractivity contribution in [3.8, 4) is 22.9 Å². The maximum Gasteiger partial charge on any atom is 0.249 e. The number of aryl methyl sites for hydroxylation is 2. The summed E-state index contributed by atoms with van der Waals surface area (Å²) in [7, 11) is 3.19. The average Bonchev–Trinajstić information content (AvgIpc) is 3.15. The summed E-state index contributed by atoms with van der Waals surface area (Å²) in [6, 6.07) is 8.36. The van der Waals surface area contributed by atoms with Crippen LogP contribution in [-0.4, -0.2) is 24.4 Å². The molecule has 0 amide bonds. The highest BCUT2D eigenvalue weighted by atomic mass is 19.1. The first-order valence-electron chi connectivity index (χ1n) is 8.52. The molecule has 0 fully saturated rings. The van der Waals surface area contributed by atoms with Gasteiger partial charge in [-0.15, -0.1) is 0 Å². The molecule has 27 heavy (non-hydrogen) atoms. The lowest BCUT2D eigenvalue weighted by atomic mass is 10.1. The van der Waals surface area contributed by atoms with E-state index >= 15 is 0 Å². The van der Waals surface area contributed by atoms with Gasteiger partial charge in [0.25, 0.3) is 0 Å². The van der Waals surface area contributed by atoms with Crippen LogP contribution in [0.2, 0.25) is 0 Å². The summed E-state index contributed by atoms with van der Waals surface area (Å²) in [6.45, 7) is 5.58. The van der Waals surface area contributed by atoms with Crippen molar-refractivity contribution in [3.05, 3.63) is 53.2 Å². The normalized spacial score (nSPS) is 11.9. The van der Waals surface area contributed by atoms with Gasteiger partial charge in [-0.25, -0.2) is 4.39 Å². The molecular weight excluding hydrogens is 349 g/mol. The van der Waals surface area contributed by atoms with Crippen LogP contribution in [-0.2, 0) is 0 Å². The molecular formula is C20H22FN3O3. The molecule has 3 aromatic rings. The summed E-state index contributed by atoms with van der Waals surface area (Å²) < 4.78 is 29.8. The monoisotopic (exact) mass is 371 g/mol. The fraction of sp³-hybridized carbons (Fsp3) is 0.300. The largest absolute Gasteiger partial charge is 0.493 e. The lowest BCUT2D eigenvalue weighted by Gasteiger charge is -2.16. The van der Waals surface area contributed by atoms with Gasteiger partial charge in [-0.3, -0.25) is 0 Å². The van der Waals surface area contributed by atoms with E-state index in [9.17, 15) is 4.39 Å². The Labute approximate surface area is 157 Å². The van der Waals surface area contributed by atoms with Gasteiger partial charge < -0.3 is 19.3 Å². The highest BCUT2D eigenvalue weighted by Crippen LogP contribution is 2.34. The first kappa shape index (κ1) is 18.7. The number of aromatic nitrogens is 2. The SMILES string of the molecule is COc1cc(C)c(N[C@H](C)c2nc(-c3ccc(C)c(F)c3)no2)cc1OC. The standard InChI is InChI=1S/C20H22FN3O3/c1-11-6-7-14(9-15(11)21)19-23-20(27-24-19)13(3)22-16-10-18(26-5)17(25-4)8-12(16)2/h6-10,13,22H,1-5H3/t13-/m1/s1. The van der Waals surface area contributed by atoms with Gasteiger partial charge in [-0.05, 0) is 44.0 Å². The van der Waals surface area contributed by atoms with Crippen LogP contribution in [0.5, 0.6) is 11.5 Å². The maximum atomic E-state index is 13.8. The second-order valence-electron chi connectivity index (χ2n) is 6.31. The molecule has 6 nitrogen and oxygen atoms in total. The third kappa shape index (κ3) is 3.86. The van der Waals surface area contributed by atoms with E-state index in [-0.39, 0.29) is 11.9 Å². The minimum Gasteiger partial charge on any atom is -0.493 e. The van der Waals surface area contributed by atoms with Crippen molar-refractivity contribution in [2.45, 2.75) is 26.8 Å². The zero-order chi connectivity index (χ0) is 19.6. The lowest BCUT2D eigenvalue weighted by molar-refractivity contribution is 0.354. The quantitative estimate of drug-likeness (QED) is 0.678. The molecule has 0 aliphatic rings. The topological polar surface area (TPSA) is 69.4 Å². The van der Waals surface area contributed by atoms with Crippen molar-refractivity contribution in [2.24, 2.45) is 0 Å². The van der Waals surface area contributed by atoms with Gasteiger partial charge >= 0.3 is 0 Å². The van der Waals surface area contributed by atoms with Gasteiger partial charge in [0, 0.05) is 17.3 Å². The van der Waals surface area contributed by atoms with E-state index in [1.165, 1.54) is 6.07 Å². The first-order valence-corrected chi connectivity index (χ1v) is 8.52. The van der Waals surface area contributed by atoms with Crippen molar-refractivity contribution < 1.29 is 18.4 Å². The van der Waals surface area contributed by atoms with Gasteiger partial charge in [0.1, 0.15) is 11.9 Å². The second kappa shape index (κ2) is 7.65. The zero-order valence-electron chi connectivity index (χ0n) is 16.0. The van der Waals surface area contributed by atoms with Gasteiger partial charge in [-0.2, -0.15) is 4.98 Å². The van der Waals surface area contributed by atoms with E-state index in [1.807, 2.05) is 26.0 Å². The Bertz CT molecular complexity index is 956. The Hall–Kier alpha value is -3.09. The number of nitrogens with zero attached hydrogens (tertiary/aromatic N) is 2. The highest BCUT2D eigenvalue weighted by Gasteiger charge is 2.18. The summed E-state index contributed by atoms with van der Waals surface area (Å²) in [5.74, 6) is 1.74. The molecule has 7 heteroatoms. The average molecular weight is 371 g/mol. The molecule has 3 rings (SSSR count). The molecule has 0 unspecified atom stereocenters. The number of anilines is 1. The number of halogens is 1. The Morgan fingerprint density at radius 2 is 1.74 bits per heavy atom. The molecule has 0 aliphatic carbocycles. The molecule has 142 valence electrons. The van der Waals surface area contributed by atoms with E-state index in [0.717, 1.165) is 11.3 Å². The molecule has 1 heterocycles. The predicted molar refractivity (Wildman–Crippen MR) is 101 cm³/mol. The second-order valence-corrected chi connectivity index (χ2v) is 6.31. The van der Waals surface area contributed by atoms with Crippen molar-refractivity contribution in [3.63, 3.8) is 0 Å². The fourth-order valence-corrected chi connectivity index (χ4v) is 2.69. The molecule has 0 saturated heterocycles. The van der Waals surface area contributed by atoms with E-state index in [2.05, 4.69) is 15.5 Å². The summed E-state index contributed by atoms with van der Waals surface area (Å²) in [5.41, 5.74) is 2.99. The third-order valence-electron chi connectivity index (χ3n) is 4.34. The lowest BCUT2D eigenvalue weighted by Crippen LogP contribution is -2.08. The van der Waals surface area contributed by atoms with Crippen LogP contribution in [0.15, 0.2) is 34.9 Å². The molecule has 0 radical (unpaired) electrons. The molecule has 0 spiro atoms. The Morgan fingerprint density at radius 1 is 1.04 bits per heavy atom. The van der Waals surface area contributed by atoms with E-state index in [0.29, 0.717) is 34.3 Å². The van der Waals surface area contributed by atoms with Crippen molar-refractivity contribution >= 4 is 5.69 Å². The summed E-state index contributed by atoms with van der Waals surface area (Å²) in [6.07, 6.45) is 0. The van der Waals surface area contributed by atoms with Crippen LogP contribution < -0.4 is 14.8 Å². The smallest absolute Gasteiger partial charge is 0.249 e. The Kier molecular flexibility index (Phi) is 5.30. The first-order chi connectivity index (χ1) is 12.9. The molecule has 1 aromatic heterocycles. The number of methoxy groups -OCH3 is 2. The van der Waals surface area contributed by atoms with Gasteiger partial charge in [-0.1, -0.05) is 17.3 Å². The van der Waals surface area contributed by atoms with Crippen LogP contribution in [0, 0.1) is 19.7 Å².